The van der Waals surface area contributed by atoms with E-state index in [-0.39, 0.29) is 35.2 Å². The molecule has 180 valence electrons. The van der Waals surface area contributed by atoms with Gasteiger partial charge in [0.05, 0.1) is 36.1 Å². The van der Waals surface area contributed by atoms with Crippen LogP contribution in [0.2, 0.25) is 0 Å². The smallest absolute Gasteiger partial charge is 0.414 e. The van der Waals surface area contributed by atoms with E-state index in [0.717, 1.165) is 18.5 Å². The first-order valence-corrected chi connectivity index (χ1v) is 11.1. The number of cyclic esters (lactones) is 1. The van der Waals surface area contributed by atoms with Gasteiger partial charge in [0.2, 0.25) is 6.41 Å². The molecule has 3 N–H and O–H groups in total. The van der Waals surface area contributed by atoms with Gasteiger partial charge >= 0.3 is 6.09 Å². The Kier molecular flexibility index (Phi) is 5.51. The highest BCUT2D eigenvalue weighted by Gasteiger charge is 2.70. The van der Waals surface area contributed by atoms with Crippen LogP contribution in [0.25, 0.3) is 11.1 Å². The molecule has 2 amide bonds. The number of halogens is 2. The van der Waals surface area contributed by atoms with Gasteiger partial charge in [-0.25, -0.2) is 13.6 Å². The zero-order valence-corrected chi connectivity index (χ0v) is 18.5. The van der Waals surface area contributed by atoms with Crippen LogP contribution < -0.4 is 16.0 Å². The number of amides is 2. The second-order valence-electron chi connectivity index (χ2n) is 8.85. The number of hydrogen-bond donors (Lipinski definition) is 2. The molecule has 3 aliphatic rings. The van der Waals surface area contributed by atoms with E-state index < -0.39 is 29.2 Å². The standard InChI is InChI=1S/C24H22F2N6O3/c25-19-5-15(32-9-16(35-23(32)34)8-29-4-3-27)6-20(26)22(19)14-1-2-21(30-7-14)24(12-28)17-10-31(13-33)11-18(17)24/h1-7,13,16-18,29H,8-11,27H2/b4-3-/t16-,17-,18+,24?/m0/s1. The molecule has 35 heavy (non-hydrogen) atoms. The number of piperidine rings is 1. The first-order valence-electron chi connectivity index (χ1n) is 11.1. The minimum atomic E-state index is -0.852. The number of benzene rings is 1. The van der Waals surface area contributed by atoms with Crippen molar-refractivity contribution in [2.75, 3.05) is 31.1 Å². The van der Waals surface area contributed by atoms with Crippen molar-refractivity contribution in [3.8, 4) is 17.2 Å². The summed E-state index contributed by atoms with van der Waals surface area (Å²) in [5, 5.41) is 12.7. The van der Waals surface area contributed by atoms with Crippen molar-refractivity contribution >= 4 is 18.2 Å². The number of rotatable bonds is 7. The summed E-state index contributed by atoms with van der Waals surface area (Å²) in [5.41, 5.74) is 4.98. The van der Waals surface area contributed by atoms with Gasteiger partial charge < -0.3 is 20.7 Å². The Morgan fingerprint density at radius 1 is 1.26 bits per heavy atom. The molecule has 1 saturated carbocycles. The van der Waals surface area contributed by atoms with Gasteiger partial charge in [-0.2, -0.15) is 5.26 Å². The number of carbonyl (C=O) groups is 2. The van der Waals surface area contributed by atoms with Crippen LogP contribution in [0.5, 0.6) is 0 Å². The molecule has 1 aromatic heterocycles. The van der Waals surface area contributed by atoms with Gasteiger partial charge in [-0.15, -0.1) is 0 Å². The molecule has 4 atom stereocenters. The predicted octanol–water partition coefficient (Wildman–Crippen LogP) is 1.85. The van der Waals surface area contributed by atoms with Gasteiger partial charge in [-0.1, -0.05) is 6.07 Å². The van der Waals surface area contributed by atoms with Gasteiger partial charge in [-0.05, 0) is 18.2 Å². The van der Waals surface area contributed by atoms with Crippen LogP contribution >= 0.6 is 0 Å². The monoisotopic (exact) mass is 480 g/mol. The number of hydrogen-bond acceptors (Lipinski definition) is 7. The molecule has 0 bridgehead atoms. The number of aromatic nitrogens is 1. The largest absolute Gasteiger partial charge is 0.442 e. The number of anilines is 1. The number of nitrogens with two attached hydrogens (primary N) is 1. The number of fused-ring (bicyclic) bond motifs is 1. The summed E-state index contributed by atoms with van der Waals surface area (Å²) >= 11 is 0. The van der Waals surface area contributed by atoms with Gasteiger partial charge in [0.1, 0.15) is 23.2 Å². The summed E-state index contributed by atoms with van der Waals surface area (Å²) in [6.45, 7) is 1.42. The SMILES string of the molecule is N#CC1(c2ccc(-c3c(F)cc(N4C[C@H](CN/C=C\N)OC4=O)cc3F)cn2)[C@@H]2CN(C=O)C[C@@H]21. The topological polar surface area (TPSA) is 125 Å². The van der Waals surface area contributed by atoms with Crippen LogP contribution in [-0.2, 0) is 14.9 Å². The number of nitrogens with one attached hydrogen (secondary N) is 1. The number of likely N-dealkylation sites (tertiary alicyclic amines) is 1. The zero-order valence-electron chi connectivity index (χ0n) is 18.5. The normalized spacial score (nSPS) is 27.0. The third kappa shape index (κ3) is 3.62. The van der Waals surface area contributed by atoms with Gasteiger partial charge in [0.15, 0.2) is 0 Å². The maximum absolute atomic E-state index is 15.0. The minimum Gasteiger partial charge on any atom is -0.442 e. The van der Waals surface area contributed by atoms with E-state index in [1.165, 1.54) is 29.6 Å². The van der Waals surface area contributed by atoms with Crippen molar-refractivity contribution in [3.63, 3.8) is 0 Å². The van der Waals surface area contributed by atoms with E-state index in [1.54, 1.807) is 11.0 Å². The molecule has 2 aromatic rings. The average molecular weight is 480 g/mol. The highest BCUT2D eigenvalue weighted by Crippen LogP contribution is 2.62. The van der Waals surface area contributed by atoms with Crippen LogP contribution in [0, 0.1) is 34.8 Å². The summed E-state index contributed by atoms with van der Waals surface area (Å²) in [7, 11) is 0. The summed E-state index contributed by atoms with van der Waals surface area (Å²) in [4.78, 5) is 30.4. The average Bonchev–Trinajstić information content (AvgIpc) is 3.13. The van der Waals surface area contributed by atoms with E-state index >= 15 is 8.78 Å². The van der Waals surface area contributed by atoms with Gasteiger partial charge in [0, 0.05) is 49.1 Å². The quantitative estimate of drug-likeness (QED) is 0.580. The van der Waals surface area contributed by atoms with Gasteiger partial charge in [-0.3, -0.25) is 14.7 Å². The molecule has 1 aromatic carbocycles. The molecule has 0 radical (unpaired) electrons. The maximum atomic E-state index is 15.0. The lowest BCUT2D eigenvalue weighted by molar-refractivity contribution is -0.117. The van der Waals surface area contributed by atoms with Crippen LogP contribution in [0.1, 0.15) is 5.69 Å². The fourth-order valence-electron chi connectivity index (χ4n) is 5.23. The van der Waals surface area contributed by atoms with Crippen LogP contribution in [0.15, 0.2) is 42.9 Å². The van der Waals surface area contributed by atoms with E-state index in [9.17, 15) is 14.9 Å². The number of nitriles is 1. The fourth-order valence-corrected chi connectivity index (χ4v) is 5.23. The van der Waals surface area contributed by atoms with Crippen molar-refractivity contribution in [2.45, 2.75) is 11.5 Å². The second-order valence-corrected chi connectivity index (χ2v) is 8.85. The summed E-state index contributed by atoms with van der Waals surface area (Å²) in [5.74, 6) is -1.69. The summed E-state index contributed by atoms with van der Waals surface area (Å²) in [6.07, 6.45) is 3.72. The van der Waals surface area contributed by atoms with Crippen molar-refractivity contribution < 1.29 is 23.1 Å². The number of carbonyl (C=O) groups excluding carboxylic acids is 2. The van der Waals surface area contributed by atoms with Gasteiger partial charge in [0.25, 0.3) is 0 Å². The van der Waals surface area contributed by atoms with E-state index in [4.69, 9.17) is 10.5 Å². The molecular weight excluding hydrogens is 458 g/mol. The predicted molar refractivity (Wildman–Crippen MR) is 120 cm³/mol. The third-order valence-electron chi connectivity index (χ3n) is 6.99. The molecule has 5 rings (SSSR count). The lowest BCUT2D eigenvalue weighted by atomic mass is 9.95. The van der Waals surface area contributed by atoms with Crippen molar-refractivity contribution in [1.82, 2.24) is 15.2 Å². The van der Waals surface area contributed by atoms with Crippen LogP contribution in [0.4, 0.5) is 19.3 Å². The summed E-state index contributed by atoms with van der Waals surface area (Å²) < 4.78 is 35.3. The molecule has 0 spiro atoms. The van der Waals surface area contributed by atoms with Crippen LogP contribution in [-0.4, -0.2) is 54.7 Å². The maximum Gasteiger partial charge on any atom is 0.414 e. The Morgan fingerprint density at radius 3 is 2.54 bits per heavy atom. The summed E-state index contributed by atoms with van der Waals surface area (Å²) in [6, 6.07) is 7.65. The lowest BCUT2D eigenvalue weighted by Crippen LogP contribution is -2.29. The second kappa shape index (κ2) is 8.54. The third-order valence-corrected chi connectivity index (χ3v) is 6.99. The van der Waals surface area contributed by atoms with E-state index in [0.29, 0.717) is 25.3 Å². The Labute approximate surface area is 199 Å². The minimum absolute atomic E-state index is 0.00868. The fraction of sp³-hybridized carbons (Fsp3) is 0.333. The number of ether oxygens (including phenoxy) is 1. The van der Waals surface area contributed by atoms with Crippen LogP contribution in [0.3, 0.4) is 0 Å². The van der Waals surface area contributed by atoms with E-state index in [1.807, 2.05) is 0 Å². The Balaban J connectivity index is 1.35. The van der Waals surface area contributed by atoms with E-state index in [2.05, 4.69) is 16.4 Å². The molecule has 3 heterocycles. The molecule has 2 saturated heterocycles. The lowest BCUT2D eigenvalue weighted by Gasteiger charge is -2.19. The molecule has 1 unspecified atom stereocenters. The molecule has 9 nitrogen and oxygen atoms in total. The zero-order chi connectivity index (χ0) is 24.7. The first-order chi connectivity index (χ1) is 16.9. The van der Waals surface area contributed by atoms with Crippen molar-refractivity contribution in [2.24, 2.45) is 17.6 Å². The number of pyridine rings is 1. The molecule has 2 aliphatic heterocycles. The number of nitrogens with zero attached hydrogens (tertiary/aromatic N) is 4. The molecule has 1 aliphatic carbocycles. The Morgan fingerprint density at radius 2 is 1.97 bits per heavy atom. The van der Waals surface area contributed by atoms with Crippen molar-refractivity contribution in [1.29, 1.82) is 5.26 Å². The Hall–Kier alpha value is -4.20. The first kappa shape index (κ1) is 22.6. The molecule has 3 fully saturated rings. The highest BCUT2D eigenvalue weighted by molar-refractivity contribution is 5.90. The Bertz CT molecular complexity index is 1210. The highest BCUT2D eigenvalue weighted by atomic mass is 19.1. The van der Waals surface area contributed by atoms with Crippen molar-refractivity contribution in [3.05, 3.63) is 60.2 Å². The molecular formula is C24H22F2N6O3. The molecule has 11 heteroatoms.